The zero-order chi connectivity index (χ0) is 18.7. The molecule has 2 atom stereocenters. The van der Waals surface area contributed by atoms with Crippen LogP contribution < -0.4 is 4.90 Å². The third-order valence-corrected chi connectivity index (χ3v) is 6.46. The van der Waals surface area contributed by atoms with Crippen LogP contribution in [0.4, 0.5) is 10.1 Å². The molecule has 2 aliphatic rings. The van der Waals surface area contributed by atoms with Crippen molar-refractivity contribution >= 4 is 28.5 Å². The molecule has 1 aromatic carbocycles. The molecule has 1 saturated heterocycles. The first kappa shape index (κ1) is 19.2. The molecule has 6 heteroatoms. The fraction of sp³-hybridized carbons (Fsp3) is 0.600. The van der Waals surface area contributed by atoms with Crippen LogP contribution in [-0.4, -0.2) is 40.5 Å². The number of halogens is 1. The highest BCUT2D eigenvalue weighted by Gasteiger charge is 2.40. The summed E-state index contributed by atoms with van der Waals surface area (Å²) in [4.78, 5) is 21.3. The van der Waals surface area contributed by atoms with E-state index in [1.54, 1.807) is 35.7 Å². The first-order chi connectivity index (χ1) is 12.5. The Labute approximate surface area is 159 Å². The molecule has 142 valence electrons. The van der Waals surface area contributed by atoms with Crippen LogP contribution in [-0.2, 0) is 4.79 Å². The topological polar surface area (TPSA) is 35.9 Å². The fourth-order valence-corrected chi connectivity index (χ4v) is 5.15. The Morgan fingerprint density at radius 2 is 1.81 bits per heavy atom. The van der Waals surface area contributed by atoms with Crippen LogP contribution in [0.3, 0.4) is 0 Å². The first-order valence-corrected chi connectivity index (χ1v) is 10.4. The van der Waals surface area contributed by atoms with Gasteiger partial charge >= 0.3 is 0 Å². The van der Waals surface area contributed by atoms with E-state index < -0.39 is 0 Å². The third-order valence-electron chi connectivity index (χ3n) is 5.24. The molecule has 0 bridgehead atoms. The van der Waals surface area contributed by atoms with Crippen LogP contribution >= 0.6 is 11.8 Å². The average molecular weight is 378 g/mol. The van der Waals surface area contributed by atoms with Gasteiger partial charge in [0.15, 0.2) is 5.17 Å². The summed E-state index contributed by atoms with van der Waals surface area (Å²) in [5.41, 5.74) is 0.721. The number of thioether (sulfide) groups is 1. The first-order valence-electron chi connectivity index (χ1n) is 9.50. The van der Waals surface area contributed by atoms with Gasteiger partial charge in [0.1, 0.15) is 12.0 Å². The highest BCUT2D eigenvalue weighted by atomic mass is 32.2. The zero-order valence-corrected chi connectivity index (χ0v) is 16.6. The van der Waals surface area contributed by atoms with Gasteiger partial charge in [-0.3, -0.25) is 14.7 Å². The van der Waals surface area contributed by atoms with E-state index in [-0.39, 0.29) is 23.1 Å². The molecule has 1 saturated carbocycles. The number of amides is 1. The maximum absolute atomic E-state index is 13.3. The zero-order valence-electron chi connectivity index (χ0n) is 15.8. The van der Waals surface area contributed by atoms with Crippen molar-refractivity contribution in [3.05, 3.63) is 30.1 Å². The summed E-state index contributed by atoms with van der Waals surface area (Å²) in [6.07, 6.45) is 7.33. The molecule has 0 aromatic heterocycles. The minimum absolute atomic E-state index is 0.0448. The highest BCUT2D eigenvalue weighted by Crippen LogP contribution is 2.36. The molecule has 2 unspecified atom stereocenters. The lowest BCUT2D eigenvalue weighted by atomic mass is 10.1. The van der Waals surface area contributed by atoms with Gasteiger partial charge in [-0.05, 0) is 44.0 Å². The molecular formula is C20H28FN3OS. The number of carbonyl (C=O) groups is 1. The van der Waals surface area contributed by atoms with Crippen LogP contribution in [0.5, 0.6) is 0 Å². The Kier molecular flexibility index (Phi) is 6.22. The van der Waals surface area contributed by atoms with E-state index in [0.29, 0.717) is 6.04 Å². The lowest BCUT2D eigenvalue weighted by Crippen LogP contribution is -2.50. The number of amidine groups is 1. The number of rotatable bonds is 3. The van der Waals surface area contributed by atoms with E-state index >= 15 is 0 Å². The second-order valence-electron chi connectivity index (χ2n) is 7.27. The largest absolute Gasteiger partial charge is 0.333 e. The Balaban J connectivity index is 1.84. The molecule has 4 nitrogen and oxygen atoms in total. The molecule has 3 rings (SSSR count). The molecule has 2 fully saturated rings. The van der Waals surface area contributed by atoms with Crippen LogP contribution in [0.15, 0.2) is 29.3 Å². The SMILES string of the molecule is CC(=O)N(c1ccc(F)cc1)C1C(C)SC(=NC2CCCCCC2)N1C. The van der Waals surface area contributed by atoms with Gasteiger partial charge in [-0.15, -0.1) is 0 Å². The molecule has 1 heterocycles. The monoisotopic (exact) mass is 377 g/mol. The number of hydrogen-bond donors (Lipinski definition) is 0. The van der Waals surface area contributed by atoms with Crippen LogP contribution in [0, 0.1) is 5.82 Å². The Hall–Kier alpha value is -1.56. The van der Waals surface area contributed by atoms with E-state index in [4.69, 9.17) is 4.99 Å². The Morgan fingerprint density at radius 3 is 2.38 bits per heavy atom. The minimum Gasteiger partial charge on any atom is -0.333 e. The lowest BCUT2D eigenvalue weighted by Gasteiger charge is -2.35. The van der Waals surface area contributed by atoms with Gasteiger partial charge in [0.05, 0.1) is 6.04 Å². The number of benzene rings is 1. The average Bonchev–Trinajstić information content (AvgIpc) is 2.79. The summed E-state index contributed by atoms with van der Waals surface area (Å²) >= 11 is 1.73. The van der Waals surface area contributed by atoms with Crippen molar-refractivity contribution in [2.75, 3.05) is 11.9 Å². The van der Waals surface area contributed by atoms with Crippen molar-refractivity contribution in [2.24, 2.45) is 4.99 Å². The van der Waals surface area contributed by atoms with E-state index in [1.165, 1.54) is 37.8 Å². The van der Waals surface area contributed by atoms with Crippen molar-refractivity contribution in [1.82, 2.24) is 4.90 Å². The predicted molar refractivity (Wildman–Crippen MR) is 107 cm³/mol. The maximum Gasteiger partial charge on any atom is 0.225 e. The number of nitrogens with zero attached hydrogens (tertiary/aromatic N) is 3. The molecule has 0 radical (unpaired) electrons. The lowest BCUT2D eigenvalue weighted by molar-refractivity contribution is -0.117. The molecule has 1 aromatic rings. The van der Waals surface area contributed by atoms with Crippen LogP contribution in [0.1, 0.15) is 52.4 Å². The normalized spacial score (nSPS) is 26.2. The van der Waals surface area contributed by atoms with Gasteiger partial charge in [0, 0.05) is 24.9 Å². The summed E-state index contributed by atoms with van der Waals surface area (Å²) in [6, 6.07) is 6.53. The van der Waals surface area contributed by atoms with Crippen LogP contribution in [0.2, 0.25) is 0 Å². The molecule has 0 spiro atoms. The van der Waals surface area contributed by atoms with E-state index in [1.807, 2.05) is 7.05 Å². The molecule has 1 aliphatic heterocycles. The van der Waals surface area contributed by atoms with E-state index in [9.17, 15) is 9.18 Å². The van der Waals surface area contributed by atoms with Crippen molar-refractivity contribution < 1.29 is 9.18 Å². The summed E-state index contributed by atoms with van der Waals surface area (Å²) in [5, 5.41) is 1.21. The quantitative estimate of drug-likeness (QED) is 0.719. The van der Waals surface area contributed by atoms with Gasteiger partial charge in [-0.2, -0.15) is 0 Å². The highest BCUT2D eigenvalue weighted by molar-refractivity contribution is 8.14. The summed E-state index contributed by atoms with van der Waals surface area (Å²) in [5.74, 6) is -0.341. The van der Waals surface area contributed by atoms with Crippen molar-refractivity contribution in [1.29, 1.82) is 0 Å². The van der Waals surface area contributed by atoms with Crippen molar-refractivity contribution in [2.45, 2.75) is 69.8 Å². The van der Waals surface area contributed by atoms with E-state index in [2.05, 4.69) is 11.8 Å². The standard InChI is InChI=1S/C20H28FN3OS/c1-14-19(24(15(2)25)18-12-10-16(21)11-13-18)23(3)20(26-14)22-17-8-6-4-5-7-9-17/h10-14,17,19H,4-9H2,1-3H3. The van der Waals surface area contributed by atoms with Gasteiger partial charge in [-0.1, -0.05) is 37.4 Å². The summed E-state index contributed by atoms with van der Waals surface area (Å²) < 4.78 is 13.3. The van der Waals surface area contributed by atoms with Gasteiger partial charge in [-0.25, -0.2) is 4.39 Å². The van der Waals surface area contributed by atoms with Crippen LogP contribution in [0.25, 0.3) is 0 Å². The summed E-state index contributed by atoms with van der Waals surface area (Å²) in [7, 11) is 2.01. The van der Waals surface area contributed by atoms with Crippen molar-refractivity contribution in [3.8, 4) is 0 Å². The smallest absolute Gasteiger partial charge is 0.225 e. The van der Waals surface area contributed by atoms with E-state index in [0.717, 1.165) is 23.7 Å². The molecular weight excluding hydrogens is 349 g/mol. The van der Waals surface area contributed by atoms with Gasteiger partial charge in [0.25, 0.3) is 0 Å². The summed E-state index contributed by atoms with van der Waals surface area (Å²) in [6.45, 7) is 3.69. The molecule has 0 N–H and O–H groups in total. The number of carbonyl (C=O) groups excluding carboxylic acids is 1. The minimum atomic E-state index is -0.296. The second kappa shape index (κ2) is 8.42. The number of hydrogen-bond acceptors (Lipinski definition) is 3. The third kappa shape index (κ3) is 4.22. The number of aliphatic imine (C=N–C) groups is 1. The Morgan fingerprint density at radius 1 is 1.19 bits per heavy atom. The molecule has 26 heavy (non-hydrogen) atoms. The van der Waals surface area contributed by atoms with Crippen molar-refractivity contribution in [3.63, 3.8) is 0 Å². The second-order valence-corrected chi connectivity index (χ2v) is 8.61. The number of anilines is 1. The predicted octanol–water partition coefficient (Wildman–Crippen LogP) is 4.65. The fourth-order valence-electron chi connectivity index (χ4n) is 3.91. The molecule has 1 amide bonds. The Bertz CT molecular complexity index is 656. The maximum atomic E-state index is 13.3. The van der Waals surface area contributed by atoms with Gasteiger partial charge in [0.2, 0.25) is 5.91 Å². The van der Waals surface area contributed by atoms with Gasteiger partial charge < -0.3 is 4.90 Å². The molecule has 1 aliphatic carbocycles.